The first kappa shape index (κ1) is 58.1. The molecule has 414 valence electrons. The molecule has 6 N–H and O–H groups in total. The number of benzene rings is 4. The van der Waals surface area contributed by atoms with Gasteiger partial charge in [0.15, 0.2) is 0 Å². The molecule has 1 aromatic heterocycles. The molecule has 1 saturated heterocycles. The molecule has 13 nitrogen and oxygen atoms in total. The molecular weight excluding hydrogens is 1020 g/mol. The number of aliphatic hydroxyl groups is 1. The van der Waals surface area contributed by atoms with Gasteiger partial charge in [0.05, 0.1) is 65.3 Å². The van der Waals surface area contributed by atoms with Gasteiger partial charge in [-0.3, -0.25) is 14.4 Å². The lowest BCUT2D eigenvalue weighted by Gasteiger charge is -2.37. The molecule has 0 unspecified atom stereocenters. The average Bonchev–Trinajstić information content (AvgIpc) is 3.84. The van der Waals surface area contributed by atoms with Crippen LogP contribution in [0.4, 0.5) is 39.0 Å². The molecule has 4 atom stereocenters. The normalized spacial score (nSPS) is 17.9. The highest BCUT2D eigenvalue weighted by Crippen LogP contribution is 2.40. The number of aliphatic hydroxyl groups excluding tert-OH is 1. The van der Waals surface area contributed by atoms with Gasteiger partial charge >= 0.3 is 6.18 Å². The monoisotopic (exact) mass is 1090 g/mol. The first-order valence-electron chi connectivity index (χ1n) is 26.2. The minimum atomic E-state index is -4.50. The molecular formula is C58H70F5N7O6S. The Bertz CT molecular complexity index is 2890. The van der Waals surface area contributed by atoms with Crippen LogP contribution in [0.3, 0.4) is 0 Å². The SMILES string of the molecule is COc1cc(C(=O)NCCCCCCCC(=O)NCc2ccc(COc3ccc4c(c3)N(C)[C@@H](C(C)C)C(=O)N[C@H](CO)C4)cc2)c(F)cc1NCC#Cc1sc2c(N[C@@H]3CCN(C)C[C@@H]3F)cccc2c1CC(F)(F)F. The highest BCUT2D eigenvalue weighted by Gasteiger charge is 2.34. The summed E-state index contributed by atoms with van der Waals surface area (Å²) in [6, 6.07) is 19.9. The van der Waals surface area contributed by atoms with Crippen molar-refractivity contribution in [1.82, 2.24) is 20.9 Å². The molecule has 2 aliphatic rings. The Morgan fingerprint density at radius 3 is 2.44 bits per heavy atom. The summed E-state index contributed by atoms with van der Waals surface area (Å²) in [6.07, 6.45) is -1.53. The van der Waals surface area contributed by atoms with Crippen LogP contribution in [0.25, 0.3) is 10.1 Å². The van der Waals surface area contributed by atoms with E-state index < -0.39 is 42.6 Å². The molecule has 0 spiro atoms. The van der Waals surface area contributed by atoms with E-state index in [1.165, 1.54) is 13.2 Å². The predicted molar refractivity (Wildman–Crippen MR) is 293 cm³/mol. The van der Waals surface area contributed by atoms with E-state index in [0.717, 1.165) is 59.0 Å². The number of hydrogen-bond acceptors (Lipinski definition) is 11. The van der Waals surface area contributed by atoms with E-state index in [4.69, 9.17) is 9.47 Å². The van der Waals surface area contributed by atoms with Gasteiger partial charge in [0, 0.05) is 57.5 Å². The largest absolute Gasteiger partial charge is 0.495 e. The molecule has 0 radical (unpaired) electrons. The standard InChI is InChI=1S/C58H70F5N7O6S/c1-36(2)54-57(74)67-40(34-71)27-39-21-22-41(28-50(39)70(54)4)76-35-38-19-17-37(18-20-38)32-66-53(72)16-9-7-6-8-10-24-65-56(73)43-29-51(75-5)49(30-45(43)59)64-25-12-15-52-44(31-58(61,62)63)42-13-11-14-48(55(42)77-52)68-47-23-26-69(3)33-46(47)60/h11,13-14,17-22,28-30,36,40,46-47,54,64,68,71H,6-10,16,23-27,31-35H2,1-5H3,(H,65,73)(H,66,72)(H,67,74)/t40-,46-,47+,54-/m0/s1. The molecule has 2 aliphatic heterocycles. The third kappa shape index (κ3) is 16.0. The van der Waals surface area contributed by atoms with Crippen molar-refractivity contribution >= 4 is 56.2 Å². The van der Waals surface area contributed by atoms with Crippen LogP contribution in [-0.4, -0.2) is 112 Å². The lowest BCUT2D eigenvalue weighted by Crippen LogP contribution is -2.54. The lowest BCUT2D eigenvalue weighted by atomic mass is 9.95. The smallest absolute Gasteiger partial charge is 0.393 e. The number of hydrogen-bond donors (Lipinski definition) is 6. The van der Waals surface area contributed by atoms with Crippen molar-refractivity contribution in [3.8, 4) is 23.3 Å². The molecule has 3 heterocycles. The molecule has 1 fully saturated rings. The molecule has 0 bridgehead atoms. The van der Waals surface area contributed by atoms with Crippen LogP contribution in [0.2, 0.25) is 0 Å². The van der Waals surface area contributed by atoms with Crippen LogP contribution in [0.1, 0.15) is 96.3 Å². The summed E-state index contributed by atoms with van der Waals surface area (Å²) in [4.78, 5) is 42.7. The van der Waals surface area contributed by atoms with Crippen LogP contribution >= 0.6 is 11.3 Å². The van der Waals surface area contributed by atoms with Gasteiger partial charge in [-0.1, -0.05) is 87.4 Å². The molecule has 0 aliphatic carbocycles. The maximum atomic E-state index is 15.3. The Hall–Kier alpha value is -6.62. The number of nitrogens with zero attached hydrogens (tertiary/aromatic N) is 2. The number of thiophene rings is 1. The number of amides is 3. The summed E-state index contributed by atoms with van der Waals surface area (Å²) in [7, 11) is 5.12. The Balaban J connectivity index is 0.799. The Kier molecular flexibility index (Phi) is 20.4. The topological polar surface area (TPSA) is 157 Å². The van der Waals surface area contributed by atoms with Crippen molar-refractivity contribution in [2.75, 3.05) is 69.5 Å². The minimum Gasteiger partial charge on any atom is -0.495 e. The van der Waals surface area contributed by atoms with Gasteiger partial charge in [-0.15, -0.1) is 11.3 Å². The van der Waals surface area contributed by atoms with Crippen LogP contribution in [0, 0.1) is 23.6 Å². The minimum absolute atomic E-state index is 0.0371. The maximum absolute atomic E-state index is 15.3. The van der Waals surface area contributed by atoms with Gasteiger partial charge in [0.1, 0.15) is 36.1 Å². The van der Waals surface area contributed by atoms with Gasteiger partial charge in [-0.2, -0.15) is 13.2 Å². The number of halogens is 5. The van der Waals surface area contributed by atoms with Gasteiger partial charge in [-0.05, 0) is 84.5 Å². The van der Waals surface area contributed by atoms with Gasteiger partial charge in [-0.25, -0.2) is 8.78 Å². The Labute approximate surface area is 451 Å². The van der Waals surface area contributed by atoms with Gasteiger partial charge in [0.2, 0.25) is 11.8 Å². The number of rotatable bonds is 22. The lowest BCUT2D eigenvalue weighted by molar-refractivity contribution is -0.127. The number of methoxy groups -OCH3 is 1. The highest BCUT2D eigenvalue weighted by atomic mass is 32.1. The van der Waals surface area contributed by atoms with Crippen LogP contribution in [0.5, 0.6) is 11.5 Å². The fraction of sp³-hybridized carbons (Fsp3) is 0.466. The number of alkyl halides is 4. The van der Waals surface area contributed by atoms with E-state index in [9.17, 15) is 37.1 Å². The van der Waals surface area contributed by atoms with Crippen LogP contribution < -0.4 is 41.0 Å². The predicted octanol–water partition coefficient (Wildman–Crippen LogP) is 9.53. The van der Waals surface area contributed by atoms with Crippen LogP contribution in [0.15, 0.2) is 72.8 Å². The molecule has 19 heteroatoms. The summed E-state index contributed by atoms with van der Waals surface area (Å²) < 4.78 is 83.8. The summed E-state index contributed by atoms with van der Waals surface area (Å²) in [5.74, 6) is 5.06. The first-order chi connectivity index (χ1) is 36.9. The second kappa shape index (κ2) is 27.1. The number of ether oxygens (including phenoxy) is 2. The average molecular weight is 1090 g/mol. The van der Waals surface area contributed by atoms with E-state index in [1.54, 1.807) is 18.2 Å². The zero-order chi connectivity index (χ0) is 55.2. The number of likely N-dealkylation sites (N-methyl/N-ethyl adjacent to an activating group) is 1. The maximum Gasteiger partial charge on any atom is 0.393 e. The third-order valence-electron chi connectivity index (χ3n) is 14.0. The zero-order valence-corrected chi connectivity index (χ0v) is 45.1. The number of nitrogens with one attached hydrogen (secondary N) is 5. The number of unbranched alkanes of at least 4 members (excludes halogenated alkanes) is 4. The fourth-order valence-corrected chi connectivity index (χ4v) is 11.0. The summed E-state index contributed by atoms with van der Waals surface area (Å²) >= 11 is 1.11. The quantitative estimate of drug-likeness (QED) is 0.0224. The fourth-order valence-electron chi connectivity index (χ4n) is 9.85. The molecule has 5 aromatic rings. The number of anilines is 3. The van der Waals surface area contributed by atoms with Crippen molar-refractivity contribution in [3.05, 3.63) is 111 Å². The van der Waals surface area contributed by atoms with Gasteiger partial charge < -0.3 is 51.0 Å². The van der Waals surface area contributed by atoms with E-state index in [0.29, 0.717) is 79.9 Å². The summed E-state index contributed by atoms with van der Waals surface area (Å²) in [6.45, 7) is 5.78. The number of piperidine rings is 1. The number of carbonyl (C=O) groups excluding carboxylic acids is 3. The Morgan fingerprint density at radius 2 is 1.71 bits per heavy atom. The number of carbonyl (C=O) groups is 3. The van der Waals surface area contributed by atoms with E-state index >= 15 is 4.39 Å². The van der Waals surface area contributed by atoms with E-state index in [-0.39, 0.29) is 70.9 Å². The highest BCUT2D eigenvalue weighted by molar-refractivity contribution is 7.20. The van der Waals surface area contributed by atoms with Crippen molar-refractivity contribution in [3.63, 3.8) is 0 Å². The second-order valence-corrected chi connectivity index (χ2v) is 21.2. The molecule has 7 rings (SSSR count). The number of likely N-dealkylation sites (tertiary alicyclic amines) is 1. The second-order valence-electron chi connectivity index (χ2n) is 20.2. The van der Waals surface area contributed by atoms with Crippen molar-refractivity contribution in [2.24, 2.45) is 5.92 Å². The third-order valence-corrected chi connectivity index (χ3v) is 15.2. The van der Waals surface area contributed by atoms with Crippen molar-refractivity contribution < 1.29 is 50.9 Å². The Morgan fingerprint density at radius 1 is 0.961 bits per heavy atom. The summed E-state index contributed by atoms with van der Waals surface area (Å²) in [5, 5.41) is 25.2. The molecule has 4 aromatic carbocycles. The number of fused-ring (bicyclic) bond motifs is 2. The van der Waals surface area contributed by atoms with Gasteiger partial charge in [0.25, 0.3) is 5.91 Å². The molecule has 3 amide bonds. The summed E-state index contributed by atoms with van der Waals surface area (Å²) in [5.41, 5.74) is 4.42. The molecule has 77 heavy (non-hydrogen) atoms. The first-order valence-corrected chi connectivity index (χ1v) is 27.1. The van der Waals surface area contributed by atoms with Crippen molar-refractivity contribution in [2.45, 2.75) is 115 Å². The zero-order valence-electron chi connectivity index (χ0n) is 44.3. The van der Waals surface area contributed by atoms with Crippen molar-refractivity contribution in [1.29, 1.82) is 0 Å². The van der Waals surface area contributed by atoms with Crippen LogP contribution in [-0.2, 0) is 35.6 Å². The molecule has 0 saturated carbocycles. The van der Waals surface area contributed by atoms with E-state index in [2.05, 4.69) is 38.4 Å². The van der Waals surface area contributed by atoms with E-state index in [1.807, 2.05) is 80.2 Å².